The zero-order valence-corrected chi connectivity index (χ0v) is 10.8. The van der Waals surface area contributed by atoms with Crippen molar-refractivity contribution >= 4 is 12.4 Å². The molecule has 1 aliphatic heterocycles. The lowest BCUT2D eigenvalue weighted by atomic mass is 9.98. The molecule has 1 aliphatic rings. The molecule has 1 atom stereocenters. The average molecular weight is 237 g/mol. The van der Waals surface area contributed by atoms with E-state index in [1.54, 1.807) is 0 Å². The minimum absolute atomic E-state index is 0. The van der Waals surface area contributed by atoms with Gasteiger partial charge in [0, 0.05) is 19.7 Å². The van der Waals surface area contributed by atoms with Gasteiger partial charge in [0.25, 0.3) is 0 Å². The van der Waals surface area contributed by atoms with E-state index in [2.05, 4.69) is 17.1 Å². The Morgan fingerprint density at radius 2 is 2.27 bits per heavy atom. The lowest BCUT2D eigenvalue weighted by molar-refractivity contribution is 0.0919. The van der Waals surface area contributed by atoms with Gasteiger partial charge in [0.05, 0.1) is 6.61 Å². The fraction of sp³-hybridized carbons (Fsp3) is 1.00. The third-order valence-electron chi connectivity index (χ3n) is 2.85. The minimum Gasteiger partial charge on any atom is -0.380 e. The number of rotatable bonds is 6. The Balaban J connectivity index is 0.00000196. The van der Waals surface area contributed by atoms with E-state index in [1.807, 2.05) is 7.05 Å². The topological polar surface area (TPSA) is 24.5 Å². The van der Waals surface area contributed by atoms with Gasteiger partial charge in [-0.25, -0.2) is 0 Å². The third-order valence-corrected chi connectivity index (χ3v) is 2.85. The van der Waals surface area contributed by atoms with Gasteiger partial charge in [0.1, 0.15) is 0 Å². The zero-order valence-electron chi connectivity index (χ0n) is 10.00. The first-order valence-corrected chi connectivity index (χ1v) is 5.81. The predicted molar refractivity (Wildman–Crippen MR) is 66.8 cm³/mol. The lowest BCUT2D eigenvalue weighted by Crippen LogP contribution is -2.40. The molecule has 0 aromatic rings. The highest BCUT2D eigenvalue weighted by atomic mass is 35.5. The summed E-state index contributed by atoms with van der Waals surface area (Å²) < 4.78 is 5.37. The van der Waals surface area contributed by atoms with Crippen LogP contribution in [-0.2, 0) is 4.74 Å². The molecule has 1 fully saturated rings. The Morgan fingerprint density at radius 1 is 1.47 bits per heavy atom. The summed E-state index contributed by atoms with van der Waals surface area (Å²) in [5.41, 5.74) is 0. The molecule has 0 aromatic carbocycles. The average Bonchev–Trinajstić information content (AvgIpc) is 2.19. The standard InChI is InChI=1S/C11H24N2O.ClH/c1-3-14-8-7-13-6-4-5-11(10-13)9-12-2;/h11-12H,3-10H2,1-2H3;1H. The van der Waals surface area contributed by atoms with Crippen LogP contribution in [0.25, 0.3) is 0 Å². The summed E-state index contributed by atoms with van der Waals surface area (Å²) in [4.78, 5) is 2.53. The number of halogens is 1. The van der Waals surface area contributed by atoms with Crippen LogP contribution in [0.1, 0.15) is 19.8 Å². The summed E-state index contributed by atoms with van der Waals surface area (Å²) in [5, 5.41) is 3.27. The number of hydrogen-bond acceptors (Lipinski definition) is 3. The Kier molecular flexibility index (Phi) is 9.51. The number of nitrogens with one attached hydrogen (secondary N) is 1. The second kappa shape index (κ2) is 9.40. The van der Waals surface area contributed by atoms with Gasteiger partial charge in [-0.3, -0.25) is 0 Å². The first-order chi connectivity index (χ1) is 6.86. The molecule has 1 unspecified atom stereocenters. The molecule has 3 nitrogen and oxygen atoms in total. The number of likely N-dealkylation sites (tertiary alicyclic amines) is 1. The molecule has 0 radical (unpaired) electrons. The maximum atomic E-state index is 5.37. The molecule has 4 heteroatoms. The highest BCUT2D eigenvalue weighted by Crippen LogP contribution is 2.14. The predicted octanol–water partition coefficient (Wildman–Crippen LogP) is 1.38. The Morgan fingerprint density at radius 3 is 2.93 bits per heavy atom. The molecular formula is C11H25ClN2O. The van der Waals surface area contributed by atoms with Crippen LogP contribution in [0.15, 0.2) is 0 Å². The fourth-order valence-electron chi connectivity index (χ4n) is 2.15. The Hall–Kier alpha value is 0.170. The van der Waals surface area contributed by atoms with Crippen LogP contribution < -0.4 is 5.32 Å². The van der Waals surface area contributed by atoms with E-state index in [4.69, 9.17) is 4.74 Å². The lowest BCUT2D eigenvalue weighted by Gasteiger charge is -2.32. The van der Waals surface area contributed by atoms with Crippen molar-refractivity contribution in [2.75, 3.05) is 46.4 Å². The summed E-state index contributed by atoms with van der Waals surface area (Å²) in [7, 11) is 2.04. The largest absolute Gasteiger partial charge is 0.380 e. The SMILES string of the molecule is CCOCCN1CCCC(CNC)C1.Cl. The van der Waals surface area contributed by atoms with Crippen LogP contribution in [0.5, 0.6) is 0 Å². The highest BCUT2D eigenvalue weighted by Gasteiger charge is 2.18. The second-order valence-electron chi connectivity index (χ2n) is 4.06. The normalized spacial score (nSPS) is 22.4. The minimum atomic E-state index is 0. The van der Waals surface area contributed by atoms with E-state index in [-0.39, 0.29) is 12.4 Å². The smallest absolute Gasteiger partial charge is 0.0593 e. The van der Waals surface area contributed by atoms with Crippen molar-refractivity contribution in [3.05, 3.63) is 0 Å². The van der Waals surface area contributed by atoms with E-state index >= 15 is 0 Å². The number of piperidine rings is 1. The van der Waals surface area contributed by atoms with Crippen molar-refractivity contribution in [2.24, 2.45) is 5.92 Å². The van der Waals surface area contributed by atoms with E-state index < -0.39 is 0 Å². The molecule has 0 bridgehead atoms. The molecule has 0 amide bonds. The monoisotopic (exact) mass is 236 g/mol. The highest BCUT2D eigenvalue weighted by molar-refractivity contribution is 5.85. The van der Waals surface area contributed by atoms with Gasteiger partial charge in [-0.15, -0.1) is 12.4 Å². The van der Waals surface area contributed by atoms with Gasteiger partial charge < -0.3 is 15.0 Å². The summed E-state index contributed by atoms with van der Waals surface area (Å²) in [5.74, 6) is 0.843. The Bertz CT molecular complexity index is 145. The molecule has 1 rings (SSSR count). The third kappa shape index (κ3) is 6.36. The van der Waals surface area contributed by atoms with Crippen molar-refractivity contribution < 1.29 is 4.74 Å². The zero-order chi connectivity index (χ0) is 10.2. The van der Waals surface area contributed by atoms with Gasteiger partial charge >= 0.3 is 0 Å². The first kappa shape index (κ1) is 15.2. The Labute approximate surface area is 100.0 Å². The van der Waals surface area contributed by atoms with Crippen LogP contribution >= 0.6 is 12.4 Å². The van der Waals surface area contributed by atoms with Gasteiger partial charge in [-0.1, -0.05) is 0 Å². The number of hydrogen-bond donors (Lipinski definition) is 1. The van der Waals surface area contributed by atoms with Crippen molar-refractivity contribution in [2.45, 2.75) is 19.8 Å². The van der Waals surface area contributed by atoms with Crippen LogP contribution in [0.4, 0.5) is 0 Å². The molecule has 0 spiro atoms. The quantitative estimate of drug-likeness (QED) is 0.706. The molecular weight excluding hydrogens is 212 g/mol. The van der Waals surface area contributed by atoms with E-state index in [0.717, 1.165) is 32.2 Å². The molecule has 15 heavy (non-hydrogen) atoms. The van der Waals surface area contributed by atoms with Crippen LogP contribution in [0, 0.1) is 5.92 Å². The fourth-order valence-corrected chi connectivity index (χ4v) is 2.15. The maximum Gasteiger partial charge on any atom is 0.0593 e. The number of nitrogens with zero attached hydrogens (tertiary/aromatic N) is 1. The summed E-state index contributed by atoms with van der Waals surface area (Å²) >= 11 is 0. The van der Waals surface area contributed by atoms with Gasteiger partial charge in [0.15, 0.2) is 0 Å². The van der Waals surface area contributed by atoms with Gasteiger partial charge in [0.2, 0.25) is 0 Å². The van der Waals surface area contributed by atoms with Gasteiger partial charge in [-0.05, 0) is 45.8 Å². The van der Waals surface area contributed by atoms with Crippen molar-refractivity contribution in [3.8, 4) is 0 Å². The van der Waals surface area contributed by atoms with Crippen LogP contribution in [-0.4, -0.2) is 51.3 Å². The van der Waals surface area contributed by atoms with E-state index in [0.29, 0.717) is 0 Å². The first-order valence-electron chi connectivity index (χ1n) is 5.81. The van der Waals surface area contributed by atoms with Crippen molar-refractivity contribution in [3.63, 3.8) is 0 Å². The van der Waals surface area contributed by atoms with Crippen molar-refractivity contribution in [1.29, 1.82) is 0 Å². The summed E-state index contributed by atoms with van der Waals surface area (Å²) in [6, 6.07) is 0. The van der Waals surface area contributed by atoms with Crippen molar-refractivity contribution in [1.82, 2.24) is 10.2 Å². The molecule has 1 heterocycles. The molecule has 0 aromatic heterocycles. The van der Waals surface area contributed by atoms with E-state index in [1.165, 1.54) is 25.9 Å². The second-order valence-corrected chi connectivity index (χ2v) is 4.06. The number of ether oxygens (including phenoxy) is 1. The van der Waals surface area contributed by atoms with E-state index in [9.17, 15) is 0 Å². The molecule has 1 N–H and O–H groups in total. The van der Waals surface area contributed by atoms with Crippen LogP contribution in [0.2, 0.25) is 0 Å². The molecule has 0 saturated carbocycles. The van der Waals surface area contributed by atoms with Gasteiger partial charge in [-0.2, -0.15) is 0 Å². The summed E-state index contributed by atoms with van der Waals surface area (Å²) in [6.45, 7) is 8.55. The van der Waals surface area contributed by atoms with Crippen LogP contribution in [0.3, 0.4) is 0 Å². The maximum absolute atomic E-state index is 5.37. The molecule has 0 aliphatic carbocycles. The summed E-state index contributed by atoms with van der Waals surface area (Å²) in [6.07, 6.45) is 2.73. The molecule has 1 saturated heterocycles. The molecule has 92 valence electrons.